The van der Waals surface area contributed by atoms with Crippen LogP contribution in [0.3, 0.4) is 0 Å². The van der Waals surface area contributed by atoms with E-state index in [0.717, 1.165) is 11.3 Å². The second kappa shape index (κ2) is 5.77. The van der Waals surface area contributed by atoms with Crippen LogP contribution in [0.15, 0.2) is 36.5 Å². The molecule has 0 amide bonds. The summed E-state index contributed by atoms with van der Waals surface area (Å²) in [5.41, 5.74) is 2.27. The van der Waals surface area contributed by atoms with Crippen LogP contribution in [0.25, 0.3) is 11.3 Å². The first kappa shape index (κ1) is 12.8. The quantitative estimate of drug-likeness (QED) is 0.626. The van der Waals surface area contributed by atoms with Crippen LogP contribution in [0.2, 0.25) is 0 Å². The molecule has 0 spiro atoms. The molecule has 0 fully saturated rings. The molecule has 0 bridgehead atoms. The van der Waals surface area contributed by atoms with Crippen LogP contribution in [-0.2, 0) is 0 Å². The predicted molar refractivity (Wildman–Crippen MR) is 68.9 cm³/mol. The Balaban J connectivity index is 2.28. The van der Waals surface area contributed by atoms with E-state index in [2.05, 4.69) is 15.5 Å². The van der Waals surface area contributed by atoms with Crippen molar-refractivity contribution in [3.63, 3.8) is 0 Å². The van der Waals surface area contributed by atoms with Crippen LogP contribution in [0, 0.1) is 0 Å². The van der Waals surface area contributed by atoms with Gasteiger partial charge < -0.3 is 15.5 Å². The van der Waals surface area contributed by atoms with Gasteiger partial charge in [-0.2, -0.15) is 5.10 Å². The molecule has 4 N–H and O–H groups in total. The summed E-state index contributed by atoms with van der Waals surface area (Å²) in [6.07, 6.45) is -0.284. The van der Waals surface area contributed by atoms with Gasteiger partial charge in [0, 0.05) is 12.1 Å². The third-order valence-corrected chi connectivity index (χ3v) is 2.83. The monoisotopic (exact) mass is 247 g/mol. The zero-order valence-corrected chi connectivity index (χ0v) is 10.2. The van der Waals surface area contributed by atoms with Gasteiger partial charge in [0.15, 0.2) is 0 Å². The molecule has 5 heteroatoms. The highest BCUT2D eigenvalue weighted by atomic mass is 16.3. The van der Waals surface area contributed by atoms with Gasteiger partial charge in [-0.15, -0.1) is 0 Å². The lowest BCUT2D eigenvalue weighted by molar-refractivity contribution is 0.0206. The van der Waals surface area contributed by atoms with Crippen molar-refractivity contribution < 1.29 is 10.2 Å². The van der Waals surface area contributed by atoms with E-state index in [0.29, 0.717) is 12.1 Å². The van der Waals surface area contributed by atoms with Gasteiger partial charge >= 0.3 is 0 Å². The van der Waals surface area contributed by atoms with Gasteiger partial charge in [-0.1, -0.05) is 30.3 Å². The molecule has 2 unspecified atom stereocenters. The molecule has 96 valence electrons. The zero-order chi connectivity index (χ0) is 13.0. The fourth-order valence-electron chi connectivity index (χ4n) is 1.88. The maximum Gasteiger partial charge on any atom is 0.110 e. The average Bonchev–Trinajstić information content (AvgIpc) is 2.88. The minimum Gasteiger partial charge on any atom is -0.389 e. The number of aromatic nitrogens is 2. The summed E-state index contributed by atoms with van der Waals surface area (Å²) < 4.78 is 0. The molecule has 1 aromatic carbocycles. The van der Waals surface area contributed by atoms with Gasteiger partial charge in [0.25, 0.3) is 0 Å². The number of aromatic amines is 1. The van der Waals surface area contributed by atoms with E-state index in [-0.39, 0.29) is 0 Å². The summed E-state index contributed by atoms with van der Waals surface area (Å²) in [6.45, 7) is 0.320. The maximum atomic E-state index is 10.1. The van der Waals surface area contributed by atoms with Gasteiger partial charge in [0.05, 0.1) is 18.0 Å². The molecule has 0 aliphatic heterocycles. The van der Waals surface area contributed by atoms with E-state index in [9.17, 15) is 10.2 Å². The van der Waals surface area contributed by atoms with E-state index >= 15 is 0 Å². The van der Waals surface area contributed by atoms with Crippen molar-refractivity contribution in [3.8, 4) is 11.3 Å². The second-order valence-electron chi connectivity index (χ2n) is 4.14. The summed E-state index contributed by atoms with van der Waals surface area (Å²) >= 11 is 0. The smallest absolute Gasteiger partial charge is 0.110 e. The molecule has 2 atom stereocenters. The highest BCUT2D eigenvalue weighted by Crippen LogP contribution is 2.27. The number of hydrogen-bond acceptors (Lipinski definition) is 4. The largest absolute Gasteiger partial charge is 0.389 e. The van der Waals surface area contributed by atoms with Gasteiger partial charge in [0.1, 0.15) is 6.10 Å². The van der Waals surface area contributed by atoms with Crippen LogP contribution in [0.4, 0.5) is 0 Å². The lowest BCUT2D eigenvalue weighted by atomic mass is 10.0. The number of aliphatic hydroxyl groups is 2. The third-order valence-electron chi connectivity index (χ3n) is 2.83. The molecule has 1 aromatic heterocycles. The SMILES string of the molecule is CNCC(O)C(O)c1cn[nH]c1-c1ccccc1. The van der Waals surface area contributed by atoms with Gasteiger partial charge in [-0.3, -0.25) is 5.10 Å². The fourth-order valence-corrected chi connectivity index (χ4v) is 1.88. The van der Waals surface area contributed by atoms with E-state index in [1.54, 1.807) is 13.2 Å². The number of nitrogens with one attached hydrogen (secondary N) is 2. The first-order valence-electron chi connectivity index (χ1n) is 5.83. The average molecular weight is 247 g/mol. The summed E-state index contributed by atoms with van der Waals surface area (Å²) in [5, 5.41) is 29.5. The van der Waals surface area contributed by atoms with Crippen molar-refractivity contribution >= 4 is 0 Å². The molecule has 2 rings (SSSR count). The molecule has 0 saturated carbocycles. The van der Waals surface area contributed by atoms with Gasteiger partial charge in [-0.25, -0.2) is 0 Å². The number of nitrogens with zero attached hydrogens (tertiary/aromatic N) is 1. The molecule has 0 aliphatic rings. The number of aliphatic hydroxyl groups excluding tert-OH is 2. The Labute approximate surface area is 105 Å². The first-order chi connectivity index (χ1) is 8.74. The van der Waals surface area contributed by atoms with Crippen molar-refractivity contribution in [3.05, 3.63) is 42.1 Å². The number of hydrogen-bond donors (Lipinski definition) is 4. The molecule has 0 radical (unpaired) electrons. The lowest BCUT2D eigenvalue weighted by Gasteiger charge is -2.17. The second-order valence-corrected chi connectivity index (χ2v) is 4.14. The highest BCUT2D eigenvalue weighted by molar-refractivity contribution is 5.62. The number of rotatable bonds is 5. The minimum atomic E-state index is -0.966. The van der Waals surface area contributed by atoms with E-state index in [1.807, 2.05) is 30.3 Å². The Morgan fingerprint density at radius 1 is 1.28 bits per heavy atom. The van der Waals surface area contributed by atoms with Crippen LogP contribution in [0.5, 0.6) is 0 Å². The number of H-pyrrole nitrogens is 1. The van der Waals surface area contributed by atoms with Crippen molar-refractivity contribution in [1.82, 2.24) is 15.5 Å². The van der Waals surface area contributed by atoms with E-state index < -0.39 is 12.2 Å². The fraction of sp³-hybridized carbons (Fsp3) is 0.308. The molecule has 2 aromatic rings. The molecule has 5 nitrogen and oxygen atoms in total. The molecule has 1 heterocycles. The Morgan fingerprint density at radius 2 is 2.00 bits per heavy atom. The van der Waals surface area contributed by atoms with Crippen LogP contribution < -0.4 is 5.32 Å². The van der Waals surface area contributed by atoms with Crippen LogP contribution in [0.1, 0.15) is 11.7 Å². The van der Waals surface area contributed by atoms with Crippen LogP contribution in [-0.4, -0.2) is 40.1 Å². The van der Waals surface area contributed by atoms with E-state index in [1.165, 1.54) is 0 Å². The Bertz CT molecular complexity index is 484. The zero-order valence-electron chi connectivity index (χ0n) is 10.2. The predicted octanol–water partition coefficient (Wildman–Crippen LogP) is 0.690. The molecule has 0 saturated heterocycles. The summed E-state index contributed by atoms with van der Waals surface area (Å²) in [7, 11) is 1.73. The van der Waals surface area contributed by atoms with Gasteiger partial charge in [0.2, 0.25) is 0 Å². The highest BCUT2D eigenvalue weighted by Gasteiger charge is 2.22. The Hall–Kier alpha value is -1.69. The normalized spacial score (nSPS) is 14.4. The summed E-state index contributed by atoms with van der Waals surface area (Å²) in [6, 6.07) is 9.60. The van der Waals surface area contributed by atoms with Crippen LogP contribution >= 0.6 is 0 Å². The summed E-state index contributed by atoms with van der Waals surface area (Å²) in [5.74, 6) is 0. The lowest BCUT2D eigenvalue weighted by Crippen LogP contribution is -2.29. The maximum absolute atomic E-state index is 10.1. The van der Waals surface area contributed by atoms with Crippen molar-refractivity contribution in [1.29, 1.82) is 0 Å². The Morgan fingerprint density at radius 3 is 2.67 bits per heavy atom. The third kappa shape index (κ3) is 2.59. The standard InChI is InChI=1S/C13H17N3O2/c1-14-8-11(17)13(18)10-7-15-16-12(10)9-5-3-2-4-6-9/h2-7,11,13-14,17-18H,8H2,1H3,(H,15,16). The van der Waals surface area contributed by atoms with E-state index in [4.69, 9.17) is 0 Å². The number of benzene rings is 1. The first-order valence-corrected chi connectivity index (χ1v) is 5.83. The number of likely N-dealkylation sites (N-methyl/N-ethyl adjacent to an activating group) is 1. The Kier molecular flexibility index (Phi) is 4.09. The summed E-state index contributed by atoms with van der Waals surface area (Å²) in [4.78, 5) is 0. The molecular weight excluding hydrogens is 230 g/mol. The topological polar surface area (TPSA) is 81.2 Å². The van der Waals surface area contributed by atoms with Gasteiger partial charge in [-0.05, 0) is 12.6 Å². The van der Waals surface area contributed by atoms with Crippen molar-refractivity contribution in [2.24, 2.45) is 0 Å². The minimum absolute atomic E-state index is 0.320. The molecular formula is C13H17N3O2. The van der Waals surface area contributed by atoms with Crippen molar-refractivity contribution in [2.45, 2.75) is 12.2 Å². The molecule has 0 aliphatic carbocycles. The van der Waals surface area contributed by atoms with Crippen molar-refractivity contribution in [2.75, 3.05) is 13.6 Å². The molecule has 18 heavy (non-hydrogen) atoms.